The molecule has 2 heterocycles. The molecule has 2 aromatic rings. The molecule has 1 aromatic carbocycles. The number of carbonyl (C=O) groups is 1. The van der Waals surface area contributed by atoms with Crippen molar-refractivity contribution < 1.29 is 13.9 Å². The number of cyclic esters (lactones) is 1. The average molecular weight is 351 g/mol. The van der Waals surface area contributed by atoms with Crippen LogP contribution in [-0.4, -0.2) is 11.1 Å². The molecule has 1 aliphatic heterocycles. The summed E-state index contributed by atoms with van der Waals surface area (Å²) in [4.78, 5) is 15.8. The molecular formula is C15H12BrFN2O2. The van der Waals surface area contributed by atoms with Gasteiger partial charge >= 0.3 is 6.09 Å². The number of pyridine rings is 1. The summed E-state index contributed by atoms with van der Waals surface area (Å²) in [6.45, 7) is 1.79. The fourth-order valence-electron chi connectivity index (χ4n) is 2.51. The highest BCUT2D eigenvalue weighted by atomic mass is 79.9. The SMILES string of the molecule is C[C@]1(c2cncc(Br)c2)NC(=O)O[C@@H]1c1ccccc1F. The van der Waals surface area contributed by atoms with Crippen molar-refractivity contribution in [1.29, 1.82) is 0 Å². The number of ether oxygens (including phenoxy) is 1. The van der Waals surface area contributed by atoms with Gasteiger partial charge < -0.3 is 10.1 Å². The molecule has 108 valence electrons. The van der Waals surface area contributed by atoms with Crippen molar-refractivity contribution in [3.05, 3.63) is 64.1 Å². The molecule has 1 fully saturated rings. The van der Waals surface area contributed by atoms with E-state index in [9.17, 15) is 9.18 Å². The van der Waals surface area contributed by atoms with Gasteiger partial charge in [0, 0.05) is 28.0 Å². The lowest BCUT2D eigenvalue weighted by molar-refractivity contribution is 0.110. The molecule has 1 amide bonds. The van der Waals surface area contributed by atoms with Gasteiger partial charge in [-0.15, -0.1) is 0 Å². The van der Waals surface area contributed by atoms with Gasteiger partial charge in [-0.2, -0.15) is 0 Å². The predicted molar refractivity (Wildman–Crippen MR) is 78.0 cm³/mol. The first-order valence-corrected chi connectivity index (χ1v) is 7.14. The largest absolute Gasteiger partial charge is 0.438 e. The lowest BCUT2D eigenvalue weighted by Crippen LogP contribution is -2.39. The van der Waals surface area contributed by atoms with Gasteiger partial charge in [-0.1, -0.05) is 18.2 Å². The molecule has 1 N–H and O–H groups in total. The molecule has 21 heavy (non-hydrogen) atoms. The third kappa shape index (κ3) is 2.40. The zero-order valence-corrected chi connectivity index (χ0v) is 12.7. The van der Waals surface area contributed by atoms with E-state index in [0.29, 0.717) is 5.56 Å². The van der Waals surface area contributed by atoms with Crippen LogP contribution in [0, 0.1) is 5.82 Å². The van der Waals surface area contributed by atoms with Crippen LogP contribution in [-0.2, 0) is 10.3 Å². The fraction of sp³-hybridized carbons (Fsp3) is 0.200. The van der Waals surface area contributed by atoms with Gasteiger partial charge in [0.05, 0.1) is 0 Å². The summed E-state index contributed by atoms with van der Waals surface area (Å²) in [5, 5.41) is 2.76. The Hall–Kier alpha value is -1.95. The molecule has 1 aromatic heterocycles. The Morgan fingerprint density at radius 3 is 2.86 bits per heavy atom. The lowest BCUT2D eigenvalue weighted by atomic mass is 9.84. The van der Waals surface area contributed by atoms with Crippen LogP contribution in [0.4, 0.5) is 9.18 Å². The molecule has 0 radical (unpaired) electrons. The molecule has 0 saturated carbocycles. The zero-order valence-electron chi connectivity index (χ0n) is 11.1. The molecule has 3 rings (SSSR count). The summed E-state index contributed by atoms with van der Waals surface area (Å²) in [7, 11) is 0. The Balaban J connectivity index is 2.11. The standard InChI is InChI=1S/C15H12BrFN2O2/c1-15(9-6-10(16)8-18-7-9)13(21-14(20)19-15)11-4-2-3-5-12(11)17/h2-8,13H,1H3,(H,19,20)/t13-,15-/m1/s1. The summed E-state index contributed by atoms with van der Waals surface area (Å²) < 4.78 is 20.1. The van der Waals surface area contributed by atoms with Crippen LogP contribution in [0.5, 0.6) is 0 Å². The zero-order chi connectivity index (χ0) is 15.0. The first kappa shape index (κ1) is 14.0. The molecule has 0 unspecified atom stereocenters. The van der Waals surface area contributed by atoms with E-state index in [-0.39, 0.29) is 0 Å². The minimum absolute atomic E-state index is 0.332. The number of benzene rings is 1. The van der Waals surface area contributed by atoms with Gasteiger partial charge in [0.15, 0.2) is 6.10 Å². The number of aromatic nitrogens is 1. The highest BCUT2D eigenvalue weighted by Gasteiger charge is 2.48. The Morgan fingerprint density at radius 1 is 1.38 bits per heavy atom. The van der Waals surface area contributed by atoms with E-state index in [1.165, 1.54) is 6.07 Å². The van der Waals surface area contributed by atoms with Crippen LogP contribution in [0.15, 0.2) is 47.2 Å². The fourth-order valence-corrected chi connectivity index (χ4v) is 2.88. The Bertz CT molecular complexity index is 710. The number of carbonyl (C=O) groups excluding carboxylic acids is 1. The maximum atomic E-state index is 14.1. The van der Waals surface area contributed by atoms with Crippen molar-refractivity contribution >= 4 is 22.0 Å². The highest BCUT2D eigenvalue weighted by molar-refractivity contribution is 9.10. The maximum Gasteiger partial charge on any atom is 0.408 e. The van der Waals surface area contributed by atoms with Gasteiger partial charge in [-0.05, 0) is 35.0 Å². The van der Waals surface area contributed by atoms with Gasteiger partial charge in [0.1, 0.15) is 11.4 Å². The van der Waals surface area contributed by atoms with Crippen molar-refractivity contribution in [3.8, 4) is 0 Å². The van der Waals surface area contributed by atoms with E-state index < -0.39 is 23.6 Å². The predicted octanol–water partition coefficient (Wildman–Crippen LogP) is 3.68. The topological polar surface area (TPSA) is 51.2 Å². The smallest absolute Gasteiger partial charge is 0.408 e. The minimum Gasteiger partial charge on any atom is -0.438 e. The van der Waals surface area contributed by atoms with Crippen molar-refractivity contribution in [1.82, 2.24) is 10.3 Å². The number of halogens is 2. The molecule has 1 saturated heterocycles. The summed E-state index contributed by atoms with van der Waals surface area (Å²) in [5.41, 5.74) is 0.171. The van der Waals surface area contributed by atoms with Crippen LogP contribution in [0.1, 0.15) is 24.2 Å². The Morgan fingerprint density at radius 2 is 2.14 bits per heavy atom. The van der Waals surface area contributed by atoms with E-state index in [4.69, 9.17) is 4.74 Å². The van der Waals surface area contributed by atoms with E-state index in [1.54, 1.807) is 37.5 Å². The van der Waals surface area contributed by atoms with Crippen molar-refractivity contribution in [2.75, 3.05) is 0 Å². The third-order valence-corrected chi connectivity index (χ3v) is 4.04. The maximum absolute atomic E-state index is 14.1. The van der Waals surface area contributed by atoms with Crippen LogP contribution < -0.4 is 5.32 Å². The number of hydrogen-bond acceptors (Lipinski definition) is 3. The van der Waals surface area contributed by atoms with Crippen molar-refractivity contribution in [2.24, 2.45) is 0 Å². The van der Waals surface area contributed by atoms with E-state index in [1.807, 2.05) is 6.07 Å². The van der Waals surface area contributed by atoms with Crippen LogP contribution in [0.25, 0.3) is 0 Å². The van der Waals surface area contributed by atoms with Crippen LogP contribution in [0.2, 0.25) is 0 Å². The van der Waals surface area contributed by atoms with Gasteiger partial charge in [-0.25, -0.2) is 9.18 Å². The van der Waals surface area contributed by atoms with Crippen molar-refractivity contribution in [3.63, 3.8) is 0 Å². The number of rotatable bonds is 2. The minimum atomic E-state index is -0.893. The molecule has 6 heteroatoms. The second-order valence-corrected chi connectivity index (χ2v) is 5.94. The molecule has 4 nitrogen and oxygen atoms in total. The second kappa shape index (κ2) is 5.11. The quantitative estimate of drug-likeness (QED) is 0.898. The Labute approximate surface area is 129 Å². The lowest BCUT2D eigenvalue weighted by Gasteiger charge is -2.29. The molecule has 0 bridgehead atoms. The van der Waals surface area contributed by atoms with Crippen LogP contribution in [0.3, 0.4) is 0 Å². The number of nitrogens with zero attached hydrogens (tertiary/aromatic N) is 1. The summed E-state index contributed by atoms with van der Waals surface area (Å²) in [6, 6.07) is 8.10. The van der Waals surface area contributed by atoms with Crippen LogP contribution >= 0.6 is 15.9 Å². The molecule has 1 aliphatic rings. The highest BCUT2D eigenvalue weighted by Crippen LogP contribution is 2.42. The third-order valence-electron chi connectivity index (χ3n) is 3.60. The monoisotopic (exact) mass is 350 g/mol. The molecular weight excluding hydrogens is 339 g/mol. The van der Waals surface area contributed by atoms with Crippen molar-refractivity contribution in [2.45, 2.75) is 18.6 Å². The van der Waals surface area contributed by atoms with E-state index >= 15 is 0 Å². The Kier molecular flexibility index (Phi) is 3.41. The van der Waals surface area contributed by atoms with Gasteiger partial charge in [0.2, 0.25) is 0 Å². The van der Waals surface area contributed by atoms with E-state index in [2.05, 4.69) is 26.2 Å². The molecule has 2 atom stereocenters. The normalized spacial score (nSPS) is 24.5. The summed E-state index contributed by atoms with van der Waals surface area (Å²) in [5.74, 6) is -0.409. The summed E-state index contributed by atoms with van der Waals surface area (Å²) >= 11 is 3.35. The number of hydrogen-bond donors (Lipinski definition) is 1. The number of alkyl carbamates (subject to hydrolysis) is 1. The second-order valence-electron chi connectivity index (χ2n) is 5.03. The summed E-state index contributed by atoms with van der Waals surface area (Å²) in [6.07, 6.45) is 1.93. The molecule has 0 aliphatic carbocycles. The average Bonchev–Trinajstić information content (AvgIpc) is 2.76. The molecule has 0 spiro atoms. The van der Waals surface area contributed by atoms with E-state index in [0.717, 1.165) is 10.0 Å². The number of amides is 1. The number of nitrogens with one attached hydrogen (secondary N) is 1. The first-order chi connectivity index (χ1) is 10.0. The van der Waals surface area contributed by atoms with Gasteiger partial charge in [0.25, 0.3) is 0 Å². The first-order valence-electron chi connectivity index (χ1n) is 6.35. The van der Waals surface area contributed by atoms with Gasteiger partial charge in [-0.3, -0.25) is 4.98 Å².